The van der Waals surface area contributed by atoms with Gasteiger partial charge in [-0.1, -0.05) is 4.89 Å². The first-order chi connectivity index (χ1) is 8.98. The van der Waals surface area contributed by atoms with E-state index in [-0.39, 0.29) is 17.9 Å². The van der Waals surface area contributed by atoms with Crippen LogP contribution in [0.2, 0.25) is 0 Å². The summed E-state index contributed by atoms with van der Waals surface area (Å²) in [4.78, 5) is 19.6. The van der Waals surface area contributed by atoms with E-state index in [4.69, 9.17) is 9.29 Å². The third-order valence-electron chi connectivity index (χ3n) is 2.46. The van der Waals surface area contributed by atoms with Gasteiger partial charge < -0.3 is 9.64 Å². The van der Waals surface area contributed by atoms with Crippen molar-refractivity contribution < 1.29 is 27.3 Å². The standard InChI is InChI=1S/C10H20N2O6S2/c1-10(2,3)18-9(13)12-5-8(19)4-7(12)6-17-11-20(14,15)16/h7-8,11,19H,4-6H2,1-3H3,(H,14,15,16)/t7-,8+/m1/s1. The zero-order valence-electron chi connectivity index (χ0n) is 11.6. The number of nitrogens with one attached hydrogen (secondary N) is 1. The van der Waals surface area contributed by atoms with E-state index in [0.29, 0.717) is 13.0 Å². The highest BCUT2D eigenvalue weighted by Crippen LogP contribution is 2.24. The van der Waals surface area contributed by atoms with Crippen molar-refractivity contribution in [3.05, 3.63) is 0 Å². The molecule has 1 rings (SSSR count). The topological polar surface area (TPSA) is 105 Å². The Balaban J connectivity index is 2.57. The molecule has 0 unspecified atom stereocenters. The van der Waals surface area contributed by atoms with Crippen molar-refractivity contribution in [2.45, 2.75) is 44.1 Å². The molecule has 1 heterocycles. The summed E-state index contributed by atoms with van der Waals surface area (Å²) in [5, 5.41) is -0.0400. The van der Waals surface area contributed by atoms with Crippen molar-refractivity contribution in [1.82, 2.24) is 9.79 Å². The van der Waals surface area contributed by atoms with Crippen LogP contribution < -0.4 is 4.89 Å². The number of carbonyl (C=O) groups excluding carboxylic acids is 1. The molecule has 2 atom stereocenters. The van der Waals surface area contributed by atoms with Gasteiger partial charge in [0.2, 0.25) is 0 Å². The van der Waals surface area contributed by atoms with Crippen LogP contribution in [0.15, 0.2) is 0 Å². The number of nitrogens with zero attached hydrogens (tertiary/aromatic N) is 1. The minimum atomic E-state index is -4.42. The molecule has 0 saturated carbocycles. The first-order valence-corrected chi connectivity index (χ1v) is 7.97. The van der Waals surface area contributed by atoms with E-state index in [2.05, 4.69) is 17.5 Å². The Morgan fingerprint density at radius 2 is 2.10 bits per heavy atom. The van der Waals surface area contributed by atoms with Crippen LogP contribution in [0.1, 0.15) is 27.2 Å². The molecule has 2 N–H and O–H groups in total. The number of amides is 1. The van der Waals surface area contributed by atoms with E-state index in [0.717, 1.165) is 0 Å². The minimum Gasteiger partial charge on any atom is -0.444 e. The van der Waals surface area contributed by atoms with Crippen molar-refractivity contribution in [3.8, 4) is 0 Å². The summed E-state index contributed by atoms with van der Waals surface area (Å²) in [6, 6.07) is -0.374. The van der Waals surface area contributed by atoms with Crippen LogP contribution in [0.4, 0.5) is 4.79 Å². The third kappa shape index (κ3) is 6.27. The Morgan fingerprint density at radius 1 is 1.50 bits per heavy atom. The van der Waals surface area contributed by atoms with E-state index in [1.165, 1.54) is 9.79 Å². The number of thiol groups is 1. The summed E-state index contributed by atoms with van der Waals surface area (Å²) >= 11 is 4.30. The van der Waals surface area contributed by atoms with Crippen LogP contribution in [0.5, 0.6) is 0 Å². The van der Waals surface area contributed by atoms with E-state index in [1.807, 2.05) is 0 Å². The van der Waals surface area contributed by atoms with E-state index >= 15 is 0 Å². The minimum absolute atomic E-state index is 0.0400. The molecular formula is C10H20N2O6S2. The fourth-order valence-electron chi connectivity index (χ4n) is 1.80. The summed E-state index contributed by atoms with van der Waals surface area (Å²) < 4.78 is 34.7. The predicted molar refractivity (Wildman–Crippen MR) is 74.8 cm³/mol. The maximum atomic E-state index is 12.0. The van der Waals surface area contributed by atoms with Gasteiger partial charge in [0.25, 0.3) is 0 Å². The molecule has 20 heavy (non-hydrogen) atoms. The molecule has 0 aromatic carbocycles. The van der Waals surface area contributed by atoms with Crippen molar-refractivity contribution in [2.24, 2.45) is 0 Å². The van der Waals surface area contributed by atoms with Crippen LogP contribution in [-0.2, 0) is 19.9 Å². The summed E-state index contributed by atoms with van der Waals surface area (Å²) in [6.45, 7) is 5.55. The van der Waals surface area contributed by atoms with E-state index in [9.17, 15) is 13.2 Å². The van der Waals surface area contributed by atoms with Gasteiger partial charge >= 0.3 is 16.4 Å². The molecular weight excluding hydrogens is 308 g/mol. The second-order valence-electron chi connectivity index (χ2n) is 5.55. The highest BCUT2D eigenvalue weighted by Gasteiger charge is 2.36. The van der Waals surface area contributed by atoms with Crippen molar-refractivity contribution >= 4 is 29.0 Å². The van der Waals surface area contributed by atoms with Crippen LogP contribution in [0, 0.1) is 0 Å². The van der Waals surface area contributed by atoms with Crippen LogP contribution in [0.3, 0.4) is 0 Å². The zero-order chi connectivity index (χ0) is 15.6. The average Bonchev–Trinajstić information content (AvgIpc) is 2.55. The summed E-state index contributed by atoms with van der Waals surface area (Å²) in [5.74, 6) is 0. The number of carbonyl (C=O) groups is 1. The third-order valence-corrected chi connectivity index (χ3v) is 3.16. The Hall–Kier alpha value is -0.550. The molecule has 1 aliphatic rings. The molecule has 0 aliphatic carbocycles. The SMILES string of the molecule is CC(C)(C)OC(=O)N1C[C@@H](S)C[C@@H]1CONS(=O)(=O)O. The molecule has 0 radical (unpaired) electrons. The Kier molecular flexibility index (Phi) is 5.67. The second-order valence-corrected chi connectivity index (χ2v) is 7.39. The molecule has 118 valence electrons. The Morgan fingerprint density at radius 3 is 2.60 bits per heavy atom. The fraction of sp³-hybridized carbons (Fsp3) is 0.900. The Bertz CT molecular complexity index is 447. The van der Waals surface area contributed by atoms with Gasteiger partial charge in [0.05, 0.1) is 12.6 Å². The van der Waals surface area contributed by atoms with Gasteiger partial charge in [-0.15, -0.1) is 0 Å². The fourth-order valence-corrected chi connectivity index (χ4v) is 2.44. The smallest absolute Gasteiger partial charge is 0.410 e. The Labute approximate surface area is 124 Å². The van der Waals surface area contributed by atoms with Crippen LogP contribution in [0.25, 0.3) is 0 Å². The van der Waals surface area contributed by atoms with Gasteiger partial charge in [-0.25, -0.2) is 4.79 Å². The summed E-state index contributed by atoms with van der Waals surface area (Å²) in [5.41, 5.74) is -0.621. The predicted octanol–water partition coefficient (Wildman–Crippen LogP) is 0.618. The van der Waals surface area contributed by atoms with Gasteiger partial charge in [0.1, 0.15) is 5.60 Å². The highest BCUT2D eigenvalue weighted by molar-refractivity contribution is 7.83. The lowest BCUT2D eigenvalue weighted by Crippen LogP contribution is -2.43. The molecule has 1 fully saturated rings. The number of likely N-dealkylation sites (tertiary alicyclic amines) is 1. The maximum absolute atomic E-state index is 12.0. The van der Waals surface area contributed by atoms with Gasteiger partial charge in [-0.05, 0) is 27.2 Å². The highest BCUT2D eigenvalue weighted by atomic mass is 32.2. The molecule has 1 aliphatic heterocycles. The molecule has 0 bridgehead atoms. The van der Waals surface area contributed by atoms with Crippen molar-refractivity contribution in [2.75, 3.05) is 13.2 Å². The van der Waals surface area contributed by atoms with Gasteiger partial charge in [0, 0.05) is 11.8 Å². The number of hydrogen-bond donors (Lipinski definition) is 3. The lowest BCUT2D eigenvalue weighted by atomic mass is 10.2. The second kappa shape index (κ2) is 6.48. The molecule has 0 aromatic heterocycles. The van der Waals surface area contributed by atoms with Gasteiger partial charge in [0.15, 0.2) is 0 Å². The normalized spacial score (nSPS) is 23.9. The number of hydrogen-bond acceptors (Lipinski definition) is 6. The van der Waals surface area contributed by atoms with Crippen molar-refractivity contribution in [1.29, 1.82) is 0 Å². The average molecular weight is 328 g/mol. The van der Waals surface area contributed by atoms with Crippen LogP contribution >= 0.6 is 12.6 Å². The molecule has 8 nitrogen and oxygen atoms in total. The molecule has 0 spiro atoms. The first kappa shape index (κ1) is 17.5. The lowest BCUT2D eigenvalue weighted by molar-refractivity contribution is 0.00366. The monoisotopic (exact) mass is 328 g/mol. The lowest BCUT2D eigenvalue weighted by Gasteiger charge is -2.28. The van der Waals surface area contributed by atoms with Gasteiger partial charge in [-0.3, -0.25) is 9.39 Å². The van der Waals surface area contributed by atoms with E-state index < -0.39 is 22.0 Å². The maximum Gasteiger partial charge on any atom is 0.410 e. The molecule has 1 saturated heterocycles. The van der Waals surface area contributed by atoms with Crippen molar-refractivity contribution in [3.63, 3.8) is 0 Å². The zero-order valence-corrected chi connectivity index (χ0v) is 13.3. The quantitative estimate of drug-likeness (QED) is 0.397. The molecule has 10 heteroatoms. The van der Waals surface area contributed by atoms with Gasteiger partial charge in [-0.2, -0.15) is 21.0 Å². The summed E-state index contributed by atoms with van der Waals surface area (Å²) in [6.07, 6.45) is 0.0321. The molecule has 0 aromatic rings. The largest absolute Gasteiger partial charge is 0.444 e. The first-order valence-electron chi connectivity index (χ1n) is 6.01. The molecule has 1 amide bonds. The van der Waals surface area contributed by atoms with E-state index in [1.54, 1.807) is 20.8 Å². The number of ether oxygens (including phenoxy) is 1. The number of rotatable bonds is 4. The van der Waals surface area contributed by atoms with Crippen LogP contribution in [-0.4, -0.2) is 54.0 Å². The summed E-state index contributed by atoms with van der Waals surface area (Å²) in [7, 11) is -4.42.